The van der Waals surface area contributed by atoms with E-state index in [2.05, 4.69) is 10.1 Å². The summed E-state index contributed by atoms with van der Waals surface area (Å²) in [6.45, 7) is 5.42. The first kappa shape index (κ1) is 17.7. The van der Waals surface area contributed by atoms with Gasteiger partial charge in [0.15, 0.2) is 0 Å². The molecular weight excluding hydrogens is 360 g/mol. The van der Waals surface area contributed by atoms with Crippen LogP contribution in [0.3, 0.4) is 0 Å². The molecule has 28 heavy (non-hydrogen) atoms. The van der Waals surface area contributed by atoms with Crippen molar-refractivity contribution in [2.45, 2.75) is 26.8 Å². The molecule has 0 unspecified atom stereocenters. The summed E-state index contributed by atoms with van der Waals surface area (Å²) in [5.41, 5.74) is 2.94. The summed E-state index contributed by atoms with van der Waals surface area (Å²) >= 11 is 0. The third-order valence-corrected chi connectivity index (χ3v) is 5.00. The smallest absolute Gasteiger partial charge is 0.327 e. The first-order valence-corrected chi connectivity index (χ1v) is 8.79. The number of fused-ring (bicyclic) bond motifs is 1. The number of hydrogen-bond acceptors (Lipinski definition) is 5. The number of aromatic amines is 1. The molecule has 0 fully saturated rings. The van der Waals surface area contributed by atoms with E-state index in [0.717, 1.165) is 5.56 Å². The van der Waals surface area contributed by atoms with Gasteiger partial charge in [0.1, 0.15) is 11.3 Å². The van der Waals surface area contributed by atoms with Gasteiger partial charge in [-0.05, 0) is 38.0 Å². The fourth-order valence-electron chi connectivity index (χ4n) is 3.66. The zero-order chi connectivity index (χ0) is 20.0. The Bertz CT molecular complexity index is 1230. The number of nitrogens with zero attached hydrogens (tertiary/aromatic N) is 3. The van der Waals surface area contributed by atoms with Gasteiger partial charge in [0.05, 0.1) is 22.2 Å². The van der Waals surface area contributed by atoms with Gasteiger partial charge in [-0.3, -0.25) is 19.7 Å². The maximum Gasteiger partial charge on any atom is 0.327 e. The molecule has 8 heteroatoms. The molecule has 0 spiro atoms. The van der Waals surface area contributed by atoms with Crippen molar-refractivity contribution in [2.24, 2.45) is 0 Å². The number of nitro benzene ring substituents is 1. The van der Waals surface area contributed by atoms with Crippen molar-refractivity contribution in [3.05, 3.63) is 80.1 Å². The molecule has 2 heterocycles. The first-order valence-electron chi connectivity index (χ1n) is 8.79. The molecule has 0 aliphatic rings. The highest BCUT2D eigenvalue weighted by atomic mass is 16.6. The second kappa shape index (κ2) is 6.49. The lowest BCUT2D eigenvalue weighted by Crippen LogP contribution is -2.21. The molecule has 1 N–H and O–H groups in total. The van der Waals surface area contributed by atoms with Gasteiger partial charge in [-0.2, -0.15) is 0 Å². The van der Waals surface area contributed by atoms with E-state index in [1.165, 1.54) is 6.07 Å². The Balaban J connectivity index is 2.04. The Morgan fingerprint density at radius 1 is 1.21 bits per heavy atom. The number of H-pyrrole nitrogens is 1. The zero-order valence-electron chi connectivity index (χ0n) is 15.6. The number of nitro groups is 1. The van der Waals surface area contributed by atoms with Crippen LogP contribution in [0, 0.1) is 24.0 Å². The van der Waals surface area contributed by atoms with Crippen LogP contribution in [0.4, 0.5) is 5.69 Å². The van der Waals surface area contributed by atoms with E-state index in [1.54, 1.807) is 24.5 Å². The van der Waals surface area contributed by atoms with E-state index in [0.29, 0.717) is 28.1 Å². The summed E-state index contributed by atoms with van der Waals surface area (Å²) in [7, 11) is 0. The normalized spacial score (nSPS) is 12.4. The Morgan fingerprint density at radius 2 is 1.93 bits per heavy atom. The second-order valence-corrected chi connectivity index (χ2v) is 6.73. The van der Waals surface area contributed by atoms with Crippen molar-refractivity contribution in [1.29, 1.82) is 0 Å². The summed E-state index contributed by atoms with van der Waals surface area (Å²) < 4.78 is 6.76. The average Bonchev–Trinajstić information content (AvgIpc) is 3.19. The van der Waals surface area contributed by atoms with Crippen molar-refractivity contribution in [1.82, 2.24) is 14.7 Å². The molecule has 0 bridgehead atoms. The monoisotopic (exact) mass is 378 g/mol. The number of rotatable bonds is 4. The molecule has 4 aromatic rings. The van der Waals surface area contributed by atoms with Gasteiger partial charge in [-0.1, -0.05) is 35.5 Å². The lowest BCUT2D eigenvalue weighted by atomic mass is 10.0. The number of non-ortho nitro benzene ring substituents is 1. The quantitative estimate of drug-likeness (QED) is 0.425. The van der Waals surface area contributed by atoms with Gasteiger partial charge in [-0.25, -0.2) is 4.79 Å². The third-order valence-electron chi connectivity index (χ3n) is 5.00. The van der Waals surface area contributed by atoms with E-state index in [1.807, 2.05) is 37.3 Å². The van der Waals surface area contributed by atoms with Crippen LogP contribution in [0.2, 0.25) is 0 Å². The van der Waals surface area contributed by atoms with Gasteiger partial charge in [0.25, 0.3) is 5.69 Å². The van der Waals surface area contributed by atoms with Crippen LogP contribution in [-0.4, -0.2) is 19.6 Å². The highest BCUT2D eigenvalue weighted by molar-refractivity contribution is 5.91. The maximum atomic E-state index is 12.7. The lowest BCUT2D eigenvalue weighted by Gasteiger charge is -2.14. The van der Waals surface area contributed by atoms with Gasteiger partial charge in [0.2, 0.25) is 0 Å². The van der Waals surface area contributed by atoms with Crippen LogP contribution in [0.15, 0.2) is 51.8 Å². The average molecular weight is 378 g/mol. The molecule has 4 rings (SSSR count). The highest BCUT2D eigenvalue weighted by Gasteiger charge is 2.24. The van der Waals surface area contributed by atoms with Crippen LogP contribution >= 0.6 is 0 Å². The molecule has 0 saturated heterocycles. The zero-order valence-corrected chi connectivity index (χ0v) is 15.6. The van der Waals surface area contributed by atoms with Crippen LogP contribution in [-0.2, 0) is 0 Å². The fourth-order valence-corrected chi connectivity index (χ4v) is 3.66. The number of imidazole rings is 1. The number of benzene rings is 2. The van der Waals surface area contributed by atoms with Gasteiger partial charge < -0.3 is 4.52 Å². The standard InChI is InChI=1S/C20H18N4O4/c1-11-18(13(3)28-22-11)15-9-16-19(17(10-15)24(26)27)21-20(25)23(16)12(2)14-7-5-4-6-8-14/h4-10,12H,1-3H3,(H,21,25)/t12-/m0/s1. The van der Waals surface area contributed by atoms with E-state index < -0.39 is 10.6 Å². The van der Waals surface area contributed by atoms with Crippen molar-refractivity contribution in [3.8, 4) is 11.1 Å². The number of aryl methyl sites for hydroxylation is 2. The van der Waals surface area contributed by atoms with E-state index in [9.17, 15) is 14.9 Å². The minimum absolute atomic E-state index is 0.163. The van der Waals surface area contributed by atoms with Crippen molar-refractivity contribution < 1.29 is 9.45 Å². The second-order valence-electron chi connectivity index (χ2n) is 6.73. The van der Waals surface area contributed by atoms with Crippen LogP contribution in [0.25, 0.3) is 22.2 Å². The Hall–Kier alpha value is -3.68. The summed E-state index contributed by atoms with van der Waals surface area (Å²) in [5.74, 6) is 0.562. The van der Waals surface area contributed by atoms with Crippen molar-refractivity contribution >= 4 is 16.7 Å². The molecule has 0 radical (unpaired) electrons. The van der Waals surface area contributed by atoms with E-state index in [-0.39, 0.29) is 17.2 Å². The first-order chi connectivity index (χ1) is 13.4. The van der Waals surface area contributed by atoms with Crippen LogP contribution < -0.4 is 5.69 Å². The Morgan fingerprint density at radius 3 is 2.54 bits per heavy atom. The number of hydrogen-bond donors (Lipinski definition) is 1. The fraction of sp³-hybridized carbons (Fsp3) is 0.200. The SMILES string of the molecule is Cc1noc(C)c1-c1cc([N+](=O)[O-])c2[nH]c(=O)n([C@@H](C)c3ccccc3)c2c1. The number of nitrogens with one attached hydrogen (secondary N) is 1. The largest absolute Gasteiger partial charge is 0.361 e. The summed E-state index contributed by atoms with van der Waals surface area (Å²) in [4.78, 5) is 26.6. The van der Waals surface area contributed by atoms with Gasteiger partial charge in [0, 0.05) is 11.6 Å². The Labute approximate surface area is 159 Å². The van der Waals surface area contributed by atoms with Crippen molar-refractivity contribution in [3.63, 3.8) is 0 Å². The van der Waals surface area contributed by atoms with Crippen LogP contribution in [0.5, 0.6) is 0 Å². The molecule has 142 valence electrons. The lowest BCUT2D eigenvalue weighted by molar-refractivity contribution is -0.383. The molecule has 2 aromatic carbocycles. The minimum atomic E-state index is -0.489. The summed E-state index contributed by atoms with van der Waals surface area (Å²) in [6, 6.07) is 12.4. The molecule has 0 aliphatic carbocycles. The van der Waals surface area contributed by atoms with E-state index in [4.69, 9.17) is 4.52 Å². The van der Waals surface area contributed by atoms with Crippen molar-refractivity contribution in [2.75, 3.05) is 0 Å². The van der Waals surface area contributed by atoms with Gasteiger partial charge in [-0.15, -0.1) is 0 Å². The van der Waals surface area contributed by atoms with E-state index >= 15 is 0 Å². The number of aromatic nitrogens is 3. The molecule has 0 aliphatic heterocycles. The van der Waals surface area contributed by atoms with Crippen LogP contribution in [0.1, 0.15) is 30.0 Å². The predicted molar refractivity (Wildman–Crippen MR) is 104 cm³/mol. The molecule has 8 nitrogen and oxygen atoms in total. The maximum absolute atomic E-state index is 12.7. The molecule has 0 amide bonds. The topological polar surface area (TPSA) is 107 Å². The molecular formula is C20H18N4O4. The Kier molecular flexibility index (Phi) is 4.11. The van der Waals surface area contributed by atoms with Gasteiger partial charge >= 0.3 is 5.69 Å². The molecule has 2 aromatic heterocycles. The highest BCUT2D eigenvalue weighted by Crippen LogP contribution is 2.35. The molecule has 1 atom stereocenters. The minimum Gasteiger partial charge on any atom is -0.361 e. The third kappa shape index (κ3) is 2.70. The summed E-state index contributed by atoms with van der Waals surface area (Å²) in [5, 5.41) is 15.6. The summed E-state index contributed by atoms with van der Waals surface area (Å²) in [6.07, 6.45) is 0. The molecule has 0 saturated carbocycles. The predicted octanol–water partition coefficient (Wildman–Crippen LogP) is 4.12.